The van der Waals surface area contributed by atoms with Crippen molar-refractivity contribution in [2.75, 3.05) is 13.2 Å². The molecule has 0 aliphatic carbocycles. The van der Waals surface area contributed by atoms with Crippen LogP contribution >= 0.6 is 0 Å². The van der Waals surface area contributed by atoms with Gasteiger partial charge in [0.05, 0.1) is 26.3 Å². The van der Waals surface area contributed by atoms with E-state index in [1.54, 1.807) is 0 Å². The van der Waals surface area contributed by atoms with Gasteiger partial charge < -0.3 is 4.74 Å². The van der Waals surface area contributed by atoms with E-state index in [-0.39, 0.29) is 11.4 Å². The first-order valence-corrected chi connectivity index (χ1v) is 3.77. The highest BCUT2D eigenvalue weighted by molar-refractivity contribution is 4.69. The third-order valence-electron chi connectivity index (χ3n) is 1.87. The summed E-state index contributed by atoms with van der Waals surface area (Å²) in [6.45, 7) is 1.85. The van der Waals surface area contributed by atoms with Gasteiger partial charge >= 0.3 is 11.4 Å². The maximum absolute atomic E-state index is 11.1. The zero-order valence-corrected chi connectivity index (χ0v) is 6.45. The number of rotatable bonds is 0. The monoisotopic (exact) mass is 171 g/mol. The molecule has 0 aromatic carbocycles. The van der Waals surface area contributed by atoms with Crippen LogP contribution in [0.4, 0.5) is 0 Å². The van der Waals surface area contributed by atoms with E-state index in [1.807, 2.05) is 0 Å². The van der Waals surface area contributed by atoms with E-state index >= 15 is 0 Å². The largest absolute Gasteiger partial charge is 0.378 e. The molecule has 0 unspecified atom stereocenters. The minimum atomic E-state index is -0.356. The van der Waals surface area contributed by atoms with Gasteiger partial charge in [0.2, 0.25) is 0 Å². The highest BCUT2D eigenvalue weighted by Gasteiger charge is 2.10. The lowest BCUT2D eigenvalue weighted by atomic mass is 10.7. The molecule has 1 N–H and O–H groups in total. The summed E-state index contributed by atoms with van der Waals surface area (Å²) in [7, 11) is 0. The van der Waals surface area contributed by atoms with E-state index in [0.29, 0.717) is 26.3 Å². The van der Waals surface area contributed by atoms with Crippen molar-refractivity contribution >= 4 is 0 Å². The Morgan fingerprint density at radius 3 is 2.08 bits per heavy atom. The first kappa shape index (κ1) is 7.35. The van der Waals surface area contributed by atoms with Gasteiger partial charge in [-0.2, -0.15) is 0 Å². The van der Waals surface area contributed by atoms with Gasteiger partial charge in [-0.05, 0) is 0 Å². The molecular formula is C6H9N3O3. The van der Waals surface area contributed by atoms with Gasteiger partial charge in [-0.3, -0.25) is 4.98 Å². The lowest BCUT2D eigenvalue weighted by Crippen LogP contribution is -2.26. The van der Waals surface area contributed by atoms with Crippen molar-refractivity contribution in [3.63, 3.8) is 0 Å². The average molecular weight is 171 g/mol. The fourth-order valence-electron chi connectivity index (χ4n) is 1.29. The first-order chi connectivity index (χ1) is 5.79. The molecule has 12 heavy (non-hydrogen) atoms. The van der Waals surface area contributed by atoms with E-state index in [4.69, 9.17) is 4.74 Å². The second kappa shape index (κ2) is 2.63. The molecule has 0 bridgehead atoms. The molecule has 0 atom stereocenters. The molecule has 1 aromatic heterocycles. The molecule has 0 saturated heterocycles. The fourth-order valence-corrected chi connectivity index (χ4v) is 1.29. The minimum absolute atomic E-state index is 0.356. The van der Waals surface area contributed by atoms with Crippen molar-refractivity contribution in [2.45, 2.75) is 13.1 Å². The van der Waals surface area contributed by atoms with E-state index in [2.05, 4.69) is 4.98 Å². The van der Waals surface area contributed by atoms with Crippen LogP contribution in [0.15, 0.2) is 9.59 Å². The molecule has 1 aliphatic heterocycles. The normalized spacial score (nSPS) is 17.0. The van der Waals surface area contributed by atoms with Gasteiger partial charge in [0.1, 0.15) is 0 Å². The summed E-state index contributed by atoms with van der Waals surface area (Å²) in [5.74, 6) is 0. The second-order valence-electron chi connectivity index (χ2n) is 2.59. The number of hydrogen-bond donors (Lipinski definition) is 1. The predicted octanol–water partition coefficient (Wildman–Crippen LogP) is -1.63. The van der Waals surface area contributed by atoms with Gasteiger partial charge in [0.25, 0.3) is 0 Å². The maximum atomic E-state index is 11.1. The van der Waals surface area contributed by atoms with Crippen LogP contribution in [-0.4, -0.2) is 27.6 Å². The molecule has 0 fully saturated rings. The topological polar surface area (TPSA) is 69.0 Å². The minimum Gasteiger partial charge on any atom is -0.378 e. The third-order valence-corrected chi connectivity index (χ3v) is 1.87. The molecule has 0 radical (unpaired) electrons. The van der Waals surface area contributed by atoms with E-state index in [1.165, 1.54) is 9.36 Å². The second-order valence-corrected chi connectivity index (χ2v) is 2.59. The summed E-state index contributed by atoms with van der Waals surface area (Å²) in [6, 6.07) is 0. The van der Waals surface area contributed by atoms with Crippen molar-refractivity contribution in [3.05, 3.63) is 21.0 Å². The van der Waals surface area contributed by atoms with Crippen LogP contribution in [0.1, 0.15) is 0 Å². The molecule has 2 heterocycles. The summed E-state index contributed by atoms with van der Waals surface area (Å²) < 4.78 is 7.85. The Balaban J connectivity index is 2.59. The number of nitrogens with zero attached hydrogens (tertiary/aromatic N) is 2. The van der Waals surface area contributed by atoms with Crippen molar-refractivity contribution in [1.82, 2.24) is 14.3 Å². The standard InChI is InChI=1S/C6H9N3O3/c10-5-7-6(11)9-2-4-12-3-1-8(5)9/h1-4H2,(H,7,10,11). The molecule has 1 aliphatic rings. The van der Waals surface area contributed by atoms with Crippen molar-refractivity contribution in [2.24, 2.45) is 0 Å². The summed E-state index contributed by atoms with van der Waals surface area (Å²) in [6.07, 6.45) is 0. The van der Waals surface area contributed by atoms with E-state index in [0.717, 1.165) is 0 Å². The third kappa shape index (κ3) is 1.00. The SMILES string of the molecule is O=c1[nH]c(=O)n2n1CCOCC2. The molecular weight excluding hydrogens is 162 g/mol. The Hall–Kier alpha value is -1.30. The Morgan fingerprint density at radius 2 is 1.58 bits per heavy atom. The number of ether oxygens (including phenoxy) is 1. The Labute approximate surface area is 67.4 Å². The average Bonchev–Trinajstić information content (AvgIpc) is 2.29. The fraction of sp³-hybridized carbons (Fsp3) is 0.667. The smallest absolute Gasteiger partial charge is 0.344 e. The molecule has 0 spiro atoms. The number of aromatic amines is 1. The zero-order chi connectivity index (χ0) is 8.55. The quantitative estimate of drug-likeness (QED) is 0.509. The van der Waals surface area contributed by atoms with Gasteiger partial charge in [0.15, 0.2) is 0 Å². The van der Waals surface area contributed by atoms with Crippen LogP contribution in [0.3, 0.4) is 0 Å². The Morgan fingerprint density at radius 1 is 1.08 bits per heavy atom. The number of H-pyrrole nitrogens is 1. The molecule has 6 nitrogen and oxygen atoms in total. The van der Waals surface area contributed by atoms with Crippen LogP contribution in [0.2, 0.25) is 0 Å². The van der Waals surface area contributed by atoms with E-state index in [9.17, 15) is 9.59 Å². The van der Waals surface area contributed by atoms with Crippen LogP contribution in [0.25, 0.3) is 0 Å². The van der Waals surface area contributed by atoms with Crippen molar-refractivity contribution in [1.29, 1.82) is 0 Å². The van der Waals surface area contributed by atoms with Crippen molar-refractivity contribution in [3.8, 4) is 0 Å². The molecule has 0 amide bonds. The zero-order valence-electron chi connectivity index (χ0n) is 6.45. The van der Waals surface area contributed by atoms with Crippen LogP contribution < -0.4 is 11.4 Å². The lowest BCUT2D eigenvalue weighted by Gasteiger charge is -2.00. The summed E-state index contributed by atoms with van der Waals surface area (Å²) in [4.78, 5) is 24.3. The summed E-state index contributed by atoms with van der Waals surface area (Å²) >= 11 is 0. The Kier molecular flexibility index (Phi) is 1.61. The van der Waals surface area contributed by atoms with Gasteiger partial charge in [0, 0.05) is 0 Å². The van der Waals surface area contributed by atoms with Crippen molar-refractivity contribution < 1.29 is 4.74 Å². The van der Waals surface area contributed by atoms with Gasteiger partial charge in [-0.25, -0.2) is 19.0 Å². The predicted molar refractivity (Wildman–Crippen MR) is 40.1 cm³/mol. The molecule has 66 valence electrons. The van der Waals surface area contributed by atoms with Crippen LogP contribution in [0.5, 0.6) is 0 Å². The molecule has 1 aromatic rings. The molecule has 0 saturated carbocycles. The highest BCUT2D eigenvalue weighted by Crippen LogP contribution is 1.89. The number of nitrogens with one attached hydrogen (secondary N) is 1. The highest BCUT2D eigenvalue weighted by atomic mass is 16.5. The molecule has 6 heteroatoms. The van der Waals surface area contributed by atoms with Crippen LogP contribution in [0, 0.1) is 0 Å². The maximum Gasteiger partial charge on any atom is 0.344 e. The molecule has 2 rings (SSSR count). The Bertz CT molecular complexity index is 351. The number of hydrogen-bond acceptors (Lipinski definition) is 3. The van der Waals surface area contributed by atoms with Gasteiger partial charge in [-0.1, -0.05) is 0 Å². The number of fused-ring (bicyclic) bond motifs is 1. The summed E-state index contributed by atoms with van der Waals surface area (Å²) in [5, 5.41) is 0. The first-order valence-electron chi connectivity index (χ1n) is 3.77. The van der Waals surface area contributed by atoms with Gasteiger partial charge in [-0.15, -0.1) is 0 Å². The van der Waals surface area contributed by atoms with E-state index < -0.39 is 0 Å². The number of aromatic nitrogens is 3. The van der Waals surface area contributed by atoms with Crippen LogP contribution in [-0.2, 0) is 17.8 Å². The summed E-state index contributed by atoms with van der Waals surface area (Å²) in [5.41, 5.74) is -0.712. The lowest BCUT2D eigenvalue weighted by molar-refractivity contribution is 0.137.